The second kappa shape index (κ2) is 6.88. The number of primary amides is 1. The van der Waals surface area contributed by atoms with Crippen molar-refractivity contribution in [3.05, 3.63) is 50.7 Å². The molecule has 0 fully saturated rings. The van der Waals surface area contributed by atoms with Gasteiger partial charge in [-0.15, -0.1) is 11.3 Å². The molecule has 1 aromatic carbocycles. The maximum Gasteiger partial charge on any atom is 0.265 e. The molecule has 5 heteroatoms. The van der Waals surface area contributed by atoms with Crippen LogP contribution in [0.25, 0.3) is 0 Å². The summed E-state index contributed by atoms with van der Waals surface area (Å²) in [6, 6.07) is 7.24. The highest BCUT2D eigenvalue weighted by Gasteiger charge is 2.30. The van der Waals surface area contributed by atoms with E-state index in [1.807, 2.05) is 6.07 Å². The number of rotatable bonds is 3. The number of nitrogens with one attached hydrogen (secondary N) is 1. The molecule has 2 amide bonds. The van der Waals surface area contributed by atoms with Gasteiger partial charge in [-0.25, -0.2) is 0 Å². The lowest BCUT2D eigenvalue weighted by atomic mass is 9.72. The molecule has 1 aromatic heterocycles. The maximum absolute atomic E-state index is 12.7. The Morgan fingerprint density at radius 1 is 1.27 bits per heavy atom. The van der Waals surface area contributed by atoms with Crippen molar-refractivity contribution in [3.8, 4) is 0 Å². The standard InChI is InChI=1S/C21H26N2O2S/c1-12-15(19(22)24)6-5-7-16(12)23-20(25)18-11-13-10-14(21(2,3)4)8-9-17(13)26-18/h5-7,11,14H,8-10H2,1-4H3,(H2,22,24)(H,23,25). The van der Waals surface area contributed by atoms with Crippen molar-refractivity contribution < 1.29 is 9.59 Å². The van der Waals surface area contributed by atoms with Gasteiger partial charge in [-0.1, -0.05) is 26.8 Å². The van der Waals surface area contributed by atoms with Gasteiger partial charge in [0.15, 0.2) is 0 Å². The third-order valence-electron chi connectivity index (χ3n) is 5.38. The van der Waals surface area contributed by atoms with Crippen LogP contribution in [0.4, 0.5) is 5.69 Å². The summed E-state index contributed by atoms with van der Waals surface area (Å²) in [5.74, 6) is 0.0369. The van der Waals surface area contributed by atoms with Crippen LogP contribution in [0.3, 0.4) is 0 Å². The van der Waals surface area contributed by atoms with Crippen molar-refractivity contribution in [1.29, 1.82) is 0 Å². The van der Waals surface area contributed by atoms with E-state index in [1.165, 1.54) is 16.9 Å². The van der Waals surface area contributed by atoms with Crippen LogP contribution in [-0.2, 0) is 12.8 Å². The molecule has 2 aromatic rings. The number of aryl methyl sites for hydroxylation is 1. The Labute approximate surface area is 158 Å². The zero-order valence-electron chi connectivity index (χ0n) is 15.8. The number of carbonyl (C=O) groups is 2. The molecular weight excluding hydrogens is 344 g/mol. The SMILES string of the molecule is Cc1c(NC(=O)c2cc3c(s2)CCC(C(C)(C)C)C3)cccc1C(N)=O. The molecule has 138 valence electrons. The van der Waals surface area contributed by atoms with Crippen molar-refractivity contribution in [3.63, 3.8) is 0 Å². The van der Waals surface area contributed by atoms with E-state index < -0.39 is 5.91 Å². The van der Waals surface area contributed by atoms with Gasteiger partial charge < -0.3 is 11.1 Å². The van der Waals surface area contributed by atoms with Gasteiger partial charge in [0.2, 0.25) is 5.91 Å². The first-order valence-corrected chi connectivity index (χ1v) is 9.81. The Bertz CT molecular complexity index is 861. The van der Waals surface area contributed by atoms with Crippen LogP contribution in [0.5, 0.6) is 0 Å². The summed E-state index contributed by atoms with van der Waals surface area (Å²) in [6.45, 7) is 8.66. The smallest absolute Gasteiger partial charge is 0.265 e. The first kappa shape index (κ1) is 18.6. The Morgan fingerprint density at radius 3 is 2.65 bits per heavy atom. The van der Waals surface area contributed by atoms with E-state index in [0.29, 0.717) is 22.7 Å². The summed E-state index contributed by atoms with van der Waals surface area (Å²) in [7, 11) is 0. The first-order valence-electron chi connectivity index (χ1n) is 8.99. The lowest BCUT2D eigenvalue weighted by molar-refractivity contribution is 0.0996. The third kappa shape index (κ3) is 3.68. The highest BCUT2D eigenvalue weighted by molar-refractivity contribution is 7.14. The molecule has 0 radical (unpaired) electrons. The van der Waals surface area contributed by atoms with E-state index in [4.69, 9.17) is 5.73 Å². The molecule has 1 aliphatic rings. The number of carbonyl (C=O) groups excluding carboxylic acids is 2. The fraction of sp³-hybridized carbons (Fsp3) is 0.429. The fourth-order valence-corrected chi connectivity index (χ4v) is 4.70. The minimum atomic E-state index is -0.488. The van der Waals surface area contributed by atoms with Crippen LogP contribution in [0.15, 0.2) is 24.3 Å². The van der Waals surface area contributed by atoms with Gasteiger partial charge in [-0.05, 0) is 66.8 Å². The fourth-order valence-electron chi connectivity index (χ4n) is 3.60. The average molecular weight is 371 g/mol. The van der Waals surface area contributed by atoms with Crippen LogP contribution in [0.1, 0.15) is 63.2 Å². The zero-order valence-corrected chi connectivity index (χ0v) is 16.6. The van der Waals surface area contributed by atoms with Crippen molar-refractivity contribution in [2.75, 3.05) is 5.32 Å². The lowest BCUT2D eigenvalue weighted by Crippen LogP contribution is -2.26. The number of anilines is 1. The quantitative estimate of drug-likeness (QED) is 0.831. The Hall–Kier alpha value is -2.14. The largest absolute Gasteiger partial charge is 0.366 e. The number of fused-ring (bicyclic) bond motifs is 1. The monoisotopic (exact) mass is 370 g/mol. The predicted molar refractivity (Wildman–Crippen MR) is 107 cm³/mol. The van der Waals surface area contributed by atoms with Crippen molar-refractivity contribution >= 4 is 28.8 Å². The van der Waals surface area contributed by atoms with E-state index in [0.717, 1.165) is 17.7 Å². The first-order chi connectivity index (χ1) is 12.2. The number of amides is 2. The number of hydrogen-bond acceptors (Lipinski definition) is 3. The summed E-state index contributed by atoms with van der Waals surface area (Å²) >= 11 is 1.59. The molecular formula is C21H26N2O2S. The summed E-state index contributed by atoms with van der Waals surface area (Å²) in [4.78, 5) is 26.3. The molecule has 4 nitrogen and oxygen atoms in total. The Morgan fingerprint density at radius 2 is 2.00 bits per heavy atom. The molecule has 3 rings (SSSR count). The number of benzene rings is 1. The van der Waals surface area contributed by atoms with Gasteiger partial charge in [0, 0.05) is 16.1 Å². The Balaban J connectivity index is 1.80. The third-order valence-corrected chi connectivity index (χ3v) is 6.61. The van der Waals surface area contributed by atoms with Crippen LogP contribution < -0.4 is 11.1 Å². The molecule has 3 N–H and O–H groups in total. The summed E-state index contributed by atoms with van der Waals surface area (Å²) in [5.41, 5.74) is 8.75. The van der Waals surface area contributed by atoms with E-state index in [-0.39, 0.29) is 11.3 Å². The molecule has 0 saturated heterocycles. The van der Waals surface area contributed by atoms with Crippen molar-refractivity contribution in [1.82, 2.24) is 0 Å². The molecule has 0 saturated carbocycles. The van der Waals surface area contributed by atoms with Gasteiger partial charge in [0.1, 0.15) is 0 Å². The minimum Gasteiger partial charge on any atom is -0.366 e. The number of hydrogen-bond donors (Lipinski definition) is 2. The highest BCUT2D eigenvalue weighted by Crippen LogP contribution is 2.40. The molecule has 0 aliphatic heterocycles. The van der Waals surface area contributed by atoms with Crippen LogP contribution in [0.2, 0.25) is 0 Å². The van der Waals surface area contributed by atoms with Crippen molar-refractivity contribution in [2.24, 2.45) is 17.1 Å². The van der Waals surface area contributed by atoms with Gasteiger partial charge in [-0.3, -0.25) is 9.59 Å². The second-order valence-corrected chi connectivity index (χ2v) is 9.30. The van der Waals surface area contributed by atoms with Crippen LogP contribution in [0, 0.1) is 18.3 Å². The molecule has 26 heavy (non-hydrogen) atoms. The average Bonchev–Trinajstić information content (AvgIpc) is 2.99. The van der Waals surface area contributed by atoms with Gasteiger partial charge in [0.05, 0.1) is 4.88 Å². The van der Waals surface area contributed by atoms with E-state index in [2.05, 4.69) is 26.1 Å². The minimum absolute atomic E-state index is 0.124. The van der Waals surface area contributed by atoms with Gasteiger partial charge >= 0.3 is 0 Å². The summed E-state index contributed by atoms with van der Waals surface area (Å²) in [6.07, 6.45) is 3.27. The van der Waals surface area contributed by atoms with E-state index >= 15 is 0 Å². The van der Waals surface area contributed by atoms with Crippen molar-refractivity contribution in [2.45, 2.75) is 47.0 Å². The molecule has 1 heterocycles. The van der Waals surface area contributed by atoms with Gasteiger partial charge in [-0.2, -0.15) is 0 Å². The molecule has 1 unspecified atom stereocenters. The summed E-state index contributed by atoms with van der Waals surface area (Å²) in [5, 5.41) is 2.94. The zero-order chi connectivity index (χ0) is 19.1. The predicted octanol–water partition coefficient (Wildman–Crippen LogP) is 4.56. The molecule has 1 atom stereocenters. The maximum atomic E-state index is 12.7. The summed E-state index contributed by atoms with van der Waals surface area (Å²) < 4.78 is 0. The normalized spacial score (nSPS) is 16.8. The van der Waals surface area contributed by atoms with Crippen LogP contribution in [-0.4, -0.2) is 11.8 Å². The Kier molecular flexibility index (Phi) is 4.93. The number of thiophene rings is 1. The van der Waals surface area contributed by atoms with Gasteiger partial charge in [0.25, 0.3) is 5.91 Å². The molecule has 0 bridgehead atoms. The number of nitrogens with two attached hydrogens (primary N) is 1. The molecule has 1 aliphatic carbocycles. The van der Waals surface area contributed by atoms with E-state index in [9.17, 15) is 9.59 Å². The highest BCUT2D eigenvalue weighted by atomic mass is 32.1. The van der Waals surface area contributed by atoms with E-state index in [1.54, 1.807) is 36.5 Å². The second-order valence-electron chi connectivity index (χ2n) is 8.16. The lowest BCUT2D eigenvalue weighted by Gasteiger charge is -2.33. The topological polar surface area (TPSA) is 72.2 Å². The molecule has 0 spiro atoms. The van der Waals surface area contributed by atoms with Crippen LogP contribution >= 0.6 is 11.3 Å².